The number of hydrogen-bond donors (Lipinski definition) is 2. The van der Waals surface area contributed by atoms with Gasteiger partial charge in [-0.3, -0.25) is 24.7 Å². The molecule has 0 aliphatic carbocycles. The van der Waals surface area contributed by atoms with E-state index in [9.17, 15) is 18.8 Å². The highest BCUT2D eigenvalue weighted by Gasteiger charge is 2.45. The molecule has 0 aromatic heterocycles. The number of benzene rings is 2. The van der Waals surface area contributed by atoms with Gasteiger partial charge < -0.3 is 10.1 Å². The smallest absolute Gasteiger partial charge is 0.269 e. The summed E-state index contributed by atoms with van der Waals surface area (Å²) in [6.07, 6.45) is -0.219. The van der Waals surface area contributed by atoms with E-state index in [1.165, 1.54) is 35.2 Å². The highest BCUT2D eigenvalue weighted by Crippen LogP contribution is 2.27. The largest absolute Gasteiger partial charge is 0.497 e. The maximum absolute atomic E-state index is 13.5. The Bertz CT molecular complexity index is 1010. The Hall–Kier alpha value is -3.53. The molecule has 10 heteroatoms. The molecule has 2 N–H and O–H groups in total. The molecule has 1 saturated heterocycles. The number of carbonyl (C=O) groups is 3. The molecule has 8 nitrogen and oxygen atoms in total. The van der Waals surface area contributed by atoms with Crippen molar-refractivity contribution in [1.29, 1.82) is 0 Å². The Morgan fingerprint density at radius 2 is 1.90 bits per heavy atom. The Morgan fingerprint density at radius 3 is 2.52 bits per heavy atom. The fraction of sp³-hybridized carbons (Fsp3) is 0.238. The molecule has 0 spiro atoms. The van der Waals surface area contributed by atoms with Crippen LogP contribution in [0.15, 0.2) is 48.5 Å². The van der Waals surface area contributed by atoms with Gasteiger partial charge in [0.15, 0.2) is 0 Å². The first-order chi connectivity index (χ1) is 14.8. The van der Waals surface area contributed by atoms with E-state index in [-0.39, 0.29) is 23.0 Å². The second-order valence-electron chi connectivity index (χ2n) is 6.65. The molecular formula is C21H21FN4O4S. The maximum atomic E-state index is 13.5. The molecule has 1 unspecified atom stereocenters. The zero-order valence-corrected chi connectivity index (χ0v) is 17.7. The number of halogens is 1. The maximum Gasteiger partial charge on any atom is 0.269 e. The predicted molar refractivity (Wildman–Crippen MR) is 116 cm³/mol. The molecule has 0 bridgehead atoms. The van der Waals surface area contributed by atoms with Crippen LogP contribution in [0.5, 0.6) is 5.75 Å². The van der Waals surface area contributed by atoms with Crippen molar-refractivity contribution in [1.82, 2.24) is 15.8 Å². The second-order valence-corrected chi connectivity index (χ2v) is 7.01. The third-order valence-corrected chi connectivity index (χ3v) is 4.99. The van der Waals surface area contributed by atoms with E-state index in [0.717, 1.165) is 6.07 Å². The third kappa shape index (κ3) is 4.80. The van der Waals surface area contributed by atoms with Gasteiger partial charge in [0, 0.05) is 12.1 Å². The van der Waals surface area contributed by atoms with Crippen LogP contribution in [0.3, 0.4) is 0 Å². The standard InChI is InChI=1S/C21H21FN4O4S/c1-3-23-18(27)12-17-20(29)25(15-7-9-16(30-2)10-8-15)21(31)26(17)24-19(28)13-5-4-6-14(22)11-13/h4-11,17H,3,12H2,1-2H3,(H,23,27)(H,24,28). The summed E-state index contributed by atoms with van der Waals surface area (Å²) < 4.78 is 18.6. The molecule has 3 rings (SSSR count). The first-order valence-corrected chi connectivity index (χ1v) is 9.91. The number of thiocarbonyl (C=S) groups is 1. The Morgan fingerprint density at radius 1 is 1.19 bits per heavy atom. The van der Waals surface area contributed by atoms with Crippen LogP contribution < -0.4 is 20.4 Å². The zero-order valence-electron chi connectivity index (χ0n) is 16.9. The SMILES string of the molecule is CCNC(=O)CC1C(=O)N(c2ccc(OC)cc2)C(=S)N1NC(=O)c1cccc(F)c1. The molecule has 2 aromatic rings. The van der Waals surface area contributed by atoms with Crippen LogP contribution in [0.25, 0.3) is 0 Å². The Labute approximate surface area is 183 Å². The highest BCUT2D eigenvalue weighted by molar-refractivity contribution is 7.80. The Kier molecular flexibility index (Phi) is 6.81. The van der Waals surface area contributed by atoms with Crippen molar-refractivity contribution in [2.75, 3.05) is 18.6 Å². The van der Waals surface area contributed by atoms with Crippen LogP contribution in [0.1, 0.15) is 23.7 Å². The van der Waals surface area contributed by atoms with Crippen LogP contribution in [-0.2, 0) is 9.59 Å². The molecule has 1 fully saturated rings. The number of hydrogen-bond acceptors (Lipinski definition) is 5. The van der Waals surface area contributed by atoms with Crippen molar-refractivity contribution >= 4 is 40.7 Å². The van der Waals surface area contributed by atoms with Crippen molar-refractivity contribution in [2.24, 2.45) is 0 Å². The van der Waals surface area contributed by atoms with E-state index in [1.807, 2.05) is 0 Å². The summed E-state index contributed by atoms with van der Waals surface area (Å²) in [5.74, 6) is -1.48. The average Bonchev–Trinajstić information content (AvgIpc) is 2.98. The van der Waals surface area contributed by atoms with Crippen LogP contribution in [0, 0.1) is 5.82 Å². The monoisotopic (exact) mass is 444 g/mol. The molecule has 1 aliphatic heterocycles. The van der Waals surface area contributed by atoms with E-state index in [1.54, 1.807) is 31.2 Å². The van der Waals surface area contributed by atoms with Gasteiger partial charge in [0.05, 0.1) is 19.2 Å². The Balaban J connectivity index is 1.90. The average molecular weight is 444 g/mol. The summed E-state index contributed by atoms with van der Waals surface area (Å²) in [4.78, 5) is 39.3. The minimum atomic E-state index is -1.06. The van der Waals surface area contributed by atoms with Gasteiger partial charge in [-0.25, -0.2) is 9.40 Å². The van der Waals surface area contributed by atoms with Crippen molar-refractivity contribution in [3.8, 4) is 5.75 Å². The number of nitrogens with zero attached hydrogens (tertiary/aromatic N) is 2. The molecule has 162 valence electrons. The van der Waals surface area contributed by atoms with E-state index in [0.29, 0.717) is 18.0 Å². The summed E-state index contributed by atoms with van der Waals surface area (Å²) in [7, 11) is 1.52. The lowest BCUT2D eigenvalue weighted by atomic mass is 10.1. The summed E-state index contributed by atoms with van der Waals surface area (Å²) in [5, 5.41) is 3.80. The molecule has 1 heterocycles. The molecule has 1 atom stereocenters. The molecule has 2 aromatic carbocycles. The number of rotatable bonds is 7. The van der Waals surface area contributed by atoms with E-state index in [2.05, 4.69) is 10.7 Å². The van der Waals surface area contributed by atoms with Gasteiger partial charge in [0.2, 0.25) is 11.0 Å². The molecular weight excluding hydrogens is 423 g/mol. The number of hydrazine groups is 1. The first kappa shape index (κ1) is 22.2. The number of nitrogens with one attached hydrogen (secondary N) is 2. The molecule has 1 aliphatic rings. The predicted octanol–water partition coefficient (Wildman–Crippen LogP) is 2.01. The summed E-state index contributed by atoms with van der Waals surface area (Å²) >= 11 is 5.45. The number of methoxy groups -OCH3 is 1. The van der Waals surface area contributed by atoms with Crippen molar-refractivity contribution in [3.05, 3.63) is 59.9 Å². The lowest BCUT2D eigenvalue weighted by Crippen LogP contribution is -2.50. The van der Waals surface area contributed by atoms with Crippen LogP contribution in [-0.4, -0.2) is 47.5 Å². The normalized spacial score (nSPS) is 15.8. The topological polar surface area (TPSA) is 91.0 Å². The van der Waals surface area contributed by atoms with Gasteiger partial charge >= 0.3 is 0 Å². The summed E-state index contributed by atoms with van der Waals surface area (Å²) in [6, 6.07) is 10.7. The van der Waals surface area contributed by atoms with Gasteiger partial charge in [-0.1, -0.05) is 6.07 Å². The van der Waals surface area contributed by atoms with Gasteiger partial charge in [-0.05, 0) is 61.6 Å². The third-order valence-electron chi connectivity index (χ3n) is 4.61. The second kappa shape index (κ2) is 9.52. The minimum Gasteiger partial charge on any atom is -0.497 e. The van der Waals surface area contributed by atoms with Gasteiger partial charge in [-0.15, -0.1) is 0 Å². The van der Waals surface area contributed by atoms with Crippen LogP contribution in [0.2, 0.25) is 0 Å². The van der Waals surface area contributed by atoms with Crippen molar-refractivity contribution in [3.63, 3.8) is 0 Å². The zero-order chi connectivity index (χ0) is 22.5. The molecule has 0 radical (unpaired) electrons. The lowest BCUT2D eigenvalue weighted by molar-refractivity contribution is -0.127. The van der Waals surface area contributed by atoms with Gasteiger partial charge in [0.25, 0.3) is 11.8 Å². The molecule has 31 heavy (non-hydrogen) atoms. The van der Waals surface area contributed by atoms with E-state index >= 15 is 0 Å². The summed E-state index contributed by atoms with van der Waals surface area (Å²) in [5.41, 5.74) is 3.05. The minimum absolute atomic E-state index is 0.00535. The highest BCUT2D eigenvalue weighted by atomic mass is 32.1. The quantitative estimate of drug-likeness (QED) is 0.635. The molecule has 3 amide bonds. The van der Waals surface area contributed by atoms with Gasteiger partial charge in [-0.2, -0.15) is 0 Å². The number of amides is 3. The molecule has 0 saturated carbocycles. The number of anilines is 1. The fourth-order valence-corrected chi connectivity index (χ4v) is 3.48. The fourth-order valence-electron chi connectivity index (χ4n) is 3.12. The van der Waals surface area contributed by atoms with Gasteiger partial charge in [0.1, 0.15) is 17.6 Å². The van der Waals surface area contributed by atoms with Crippen molar-refractivity contribution < 1.29 is 23.5 Å². The van der Waals surface area contributed by atoms with Crippen LogP contribution >= 0.6 is 12.2 Å². The van der Waals surface area contributed by atoms with E-state index < -0.39 is 23.7 Å². The number of ether oxygens (including phenoxy) is 1. The summed E-state index contributed by atoms with van der Waals surface area (Å²) in [6.45, 7) is 2.15. The van der Waals surface area contributed by atoms with Crippen molar-refractivity contribution in [2.45, 2.75) is 19.4 Å². The first-order valence-electron chi connectivity index (χ1n) is 9.50. The lowest BCUT2D eigenvalue weighted by Gasteiger charge is -2.24. The number of carbonyl (C=O) groups excluding carboxylic acids is 3. The van der Waals surface area contributed by atoms with E-state index in [4.69, 9.17) is 17.0 Å². The van der Waals surface area contributed by atoms with Crippen LogP contribution in [0.4, 0.5) is 10.1 Å².